The number of aromatic amines is 1. The molecule has 3 rings (SSSR count). The molecule has 1 aliphatic carbocycles. The van der Waals surface area contributed by atoms with E-state index >= 15 is 0 Å². The van der Waals surface area contributed by atoms with Crippen molar-refractivity contribution < 1.29 is 5.11 Å². The Morgan fingerprint density at radius 1 is 1.44 bits per heavy atom. The molecule has 0 saturated carbocycles. The molecule has 2 aromatic rings. The van der Waals surface area contributed by atoms with Gasteiger partial charge in [-0.25, -0.2) is 9.97 Å². The van der Waals surface area contributed by atoms with E-state index in [0.717, 1.165) is 0 Å². The maximum Gasteiger partial charge on any atom is 0.173 e. The molecule has 16 heavy (non-hydrogen) atoms. The first-order chi connectivity index (χ1) is 7.75. The Balaban J connectivity index is 2.18. The van der Waals surface area contributed by atoms with Gasteiger partial charge in [-0.05, 0) is 0 Å². The molecule has 0 spiro atoms. The number of aliphatic hydroxyl groups is 1. The van der Waals surface area contributed by atoms with Gasteiger partial charge in [0.05, 0.1) is 24.8 Å². The maximum atomic E-state index is 9.45. The van der Waals surface area contributed by atoms with Gasteiger partial charge in [-0.2, -0.15) is 0 Å². The molecule has 6 nitrogen and oxygen atoms in total. The summed E-state index contributed by atoms with van der Waals surface area (Å²) < 4.78 is 1.87. The molecule has 82 valence electrons. The molecule has 1 aliphatic rings. The van der Waals surface area contributed by atoms with Crippen molar-refractivity contribution in [2.24, 2.45) is 0 Å². The second-order valence-corrected chi connectivity index (χ2v) is 3.86. The summed E-state index contributed by atoms with van der Waals surface area (Å²) in [5.74, 6) is 0. The van der Waals surface area contributed by atoms with Gasteiger partial charge in [0, 0.05) is 6.42 Å². The first kappa shape index (κ1) is 9.29. The van der Waals surface area contributed by atoms with Crippen molar-refractivity contribution in [3.63, 3.8) is 0 Å². The normalized spacial score (nSPS) is 24.3. The Labute approximate surface area is 90.8 Å². The minimum absolute atomic E-state index is 0.0638. The molecule has 2 aromatic heterocycles. The minimum atomic E-state index is -0.401. The molecule has 0 bridgehead atoms. The molecular formula is C10H11N5O. The highest BCUT2D eigenvalue weighted by Gasteiger charge is 2.19. The van der Waals surface area contributed by atoms with Gasteiger partial charge < -0.3 is 14.7 Å². The fourth-order valence-electron chi connectivity index (χ4n) is 2.01. The van der Waals surface area contributed by atoms with Crippen molar-refractivity contribution in [3.8, 4) is 0 Å². The topological polar surface area (TPSA) is 90.6 Å². The second kappa shape index (κ2) is 3.28. The average molecular weight is 217 g/mol. The molecule has 0 amide bonds. The summed E-state index contributed by atoms with van der Waals surface area (Å²) in [5.41, 5.74) is 1.51. The van der Waals surface area contributed by atoms with Crippen LogP contribution in [0.25, 0.3) is 11.2 Å². The zero-order valence-corrected chi connectivity index (χ0v) is 8.46. The standard InChI is InChI=1S/C10H11N5O/c11-9-8-10(13-4-12-8)15(5-14-9)6-1-2-7(16)3-6/h1-2,4-7,11,16H,3H2,(H,12,13)/t6-,7+/m0/s1. The molecule has 0 unspecified atom stereocenters. The van der Waals surface area contributed by atoms with Crippen LogP contribution in [0.3, 0.4) is 0 Å². The highest BCUT2D eigenvalue weighted by atomic mass is 16.3. The van der Waals surface area contributed by atoms with E-state index in [1.54, 1.807) is 18.7 Å². The predicted molar refractivity (Wildman–Crippen MR) is 56.5 cm³/mol. The lowest BCUT2D eigenvalue weighted by Crippen LogP contribution is -2.16. The van der Waals surface area contributed by atoms with Gasteiger partial charge in [-0.1, -0.05) is 12.2 Å². The molecule has 2 heterocycles. The maximum absolute atomic E-state index is 9.45. The van der Waals surface area contributed by atoms with Gasteiger partial charge in [0.15, 0.2) is 11.1 Å². The number of allylic oxidation sites excluding steroid dienone is 1. The van der Waals surface area contributed by atoms with Crippen LogP contribution in [0.2, 0.25) is 0 Å². The summed E-state index contributed by atoms with van der Waals surface area (Å²) in [6.45, 7) is 0. The van der Waals surface area contributed by atoms with Crippen LogP contribution >= 0.6 is 0 Å². The minimum Gasteiger partial charge on any atom is -0.389 e. The number of nitrogens with zero attached hydrogens (tertiary/aromatic N) is 3. The molecule has 3 N–H and O–H groups in total. The number of imidazole rings is 1. The second-order valence-electron chi connectivity index (χ2n) is 3.86. The van der Waals surface area contributed by atoms with E-state index in [4.69, 9.17) is 5.41 Å². The number of hydrogen-bond acceptors (Lipinski definition) is 4. The van der Waals surface area contributed by atoms with Crippen molar-refractivity contribution in [1.82, 2.24) is 19.5 Å². The highest BCUT2D eigenvalue weighted by Crippen LogP contribution is 2.24. The third-order valence-electron chi connectivity index (χ3n) is 2.81. The smallest absolute Gasteiger partial charge is 0.173 e. The van der Waals surface area contributed by atoms with Crippen LogP contribution in [0, 0.1) is 5.41 Å². The average Bonchev–Trinajstić information content (AvgIpc) is 2.87. The summed E-state index contributed by atoms with van der Waals surface area (Å²) in [6.07, 6.45) is 7.08. The van der Waals surface area contributed by atoms with E-state index in [2.05, 4.69) is 15.0 Å². The lowest BCUT2D eigenvalue weighted by atomic mass is 10.2. The quantitative estimate of drug-likeness (QED) is 0.592. The van der Waals surface area contributed by atoms with E-state index in [9.17, 15) is 5.11 Å². The van der Waals surface area contributed by atoms with Crippen molar-refractivity contribution in [2.75, 3.05) is 0 Å². The number of aliphatic hydroxyl groups excluding tert-OH is 1. The number of hydrogen-bond donors (Lipinski definition) is 3. The Bertz CT molecular complexity index is 611. The lowest BCUT2D eigenvalue weighted by molar-refractivity contribution is 0.211. The molecular weight excluding hydrogens is 206 g/mol. The lowest BCUT2D eigenvalue weighted by Gasteiger charge is -2.13. The molecule has 0 radical (unpaired) electrons. The number of fused-ring (bicyclic) bond motifs is 1. The van der Waals surface area contributed by atoms with E-state index in [-0.39, 0.29) is 11.5 Å². The van der Waals surface area contributed by atoms with Gasteiger partial charge in [-0.3, -0.25) is 5.41 Å². The molecule has 6 heteroatoms. The van der Waals surface area contributed by atoms with Crippen molar-refractivity contribution in [2.45, 2.75) is 18.6 Å². The van der Waals surface area contributed by atoms with Crippen LogP contribution in [0.5, 0.6) is 0 Å². The van der Waals surface area contributed by atoms with Gasteiger partial charge in [0.1, 0.15) is 5.52 Å². The number of nitrogens with one attached hydrogen (secondary N) is 2. The molecule has 0 saturated heterocycles. The summed E-state index contributed by atoms with van der Waals surface area (Å²) in [5, 5.41) is 17.1. The predicted octanol–water partition coefficient (Wildman–Crippen LogP) is 0.101. The third kappa shape index (κ3) is 1.27. The number of H-pyrrole nitrogens is 1. The first-order valence-corrected chi connectivity index (χ1v) is 5.07. The van der Waals surface area contributed by atoms with Crippen LogP contribution in [0.4, 0.5) is 0 Å². The molecule has 0 fully saturated rings. The Kier molecular flexibility index (Phi) is 1.90. The fourth-order valence-corrected chi connectivity index (χ4v) is 2.01. The van der Waals surface area contributed by atoms with E-state index in [0.29, 0.717) is 17.6 Å². The van der Waals surface area contributed by atoms with Crippen LogP contribution < -0.4 is 5.49 Å². The Hall–Kier alpha value is -1.95. The SMILES string of the molecule is N=c1ncn([C@H]2C=C[C@@H](O)C2)c2nc[nH]c12. The monoisotopic (exact) mass is 217 g/mol. The van der Waals surface area contributed by atoms with E-state index in [1.807, 2.05) is 10.6 Å². The van der Waals surface area contributed by atoms with Crippen molar-refractivity contribution >= 4 is 11.2 Å². The number of rotatable bonds is 1. The van der Waals surface area contributed by atoms with E-state index in [1.165, 1.54) is 0 Å². The van der Waals surface area contributed by atoms with Gasteiger partial charge in [-0.15, -0.1) is 0 Å². The van der Waals surface area contributed by atoms with Crippen molar-refractivity contribution in [3.05, 3.63) is 30.3 Å². The Morgan fingerprint density at radius 3 is 3.06 bits per heavy atom. The summed E-state index contributed by atoms with van der Waals surface area (Å²) >= 11 is 0. The van der Waals surface area contributed by atoms with Gasteiger partial charge >= 0.3 is 0 Å². The zero-order chi connectivity index (χ0) is 11.1. The van der Waals surface area contributed by atoms with Crippen LogP contribution in [0.1, 0.15) is 12.5 Å². The fraction of sp³-hybridized carbons (Fsp3) is 0.300. The first-order valence-electron chi connectivity index (χ1n) is 5.07. The molecule has 2 atom stereocenters. The number of aromatic nitrogens is 4. The van der Waals surface area contributed by atoms with Crippen molar-refractivity contribution in [1.29, 1.82) is 5.41 Å². The summed E-state index contributed by atoms with van der Waals surface area (Å²) in [4.78, 5) is 11.1. The van der Waals surface area contributed by atoms with E-state index < -0.39 is 6.10 Å². The summed E-state index contributed by atoms with van der Waals surface area (Å²) in [7, 11) is 0. The van der Waals surface area contributed by atoms with Crippen LogP contribution in [0.15, 0.2) is 24.8 Å². The van der Waals surface area contributed by atoms with Crippen LogP contribution in [-0.2, 0) is 0 Å². The zero-order valence-electron chi connectivity index (χ0n) is 8.46. The highest BCUT2D eigenvalue weighted by molar-refractivity contribution is 5.68. The Morgan fingerprint density at radius 2 is 2.31 bits per heavy atom. The van der Waals surface area contributed by atoms with Gasteiger partial charge in [0.25, 0.3) is 0 Å². The summed E-state index contributed by atoms with van der Waals surface area (Å²) in [6, 6.07) is 0.0638. The molecule has 0 aliphatic heterocycles. The van der Waals surface area contributed by atoms with Crippen LogP contribution in [-0.4, -0.2) is 30.7 Å². The van der Waals surface area contributed by atoms with Gasteiger partial charge in [0.2, 0.25) is 0 Å². The molecule has 0 aromatic carbocycles. The third-order valence-corrected chi connectivity index (χ3v) is 2.81. The largest absolute Gasteiger partial charge is 0.389 e.